The molecule has 166 valence electrons. The van der Waals surface area contributed by atoms with Gasteiger partial charge in [-0.25, -0.2) is 0 Å². The molecule has 1 heterocycles. The van der Waals surface area contributed by atoms with E-state index in [-0.39, 0.29) is 6.29 Å². The van der Waals surface area contributed by atoms with Crippen molar-refractivity contribution in [1.29, 1.82) is 0 Å². The zero-order valence-electron chi connectivity index (χ0n) is 18.8. The summed E-state index contributed by atoms with van der Waals surface area (Å²) in [6, 6.07) is 1.19. The lowest BCUT2D eigenvalue weighted by Gasteiger charge is -2.28. The number of hydrogen-bond donors (Lipinski definition) is 0. The van der Waals surface area contributed by atoms with Crippen molar-refractivity contribution < 1.29 is 18.9 Å². The van der Waals surface area contributed by atoms with Gasteiger partial charge in [-0.3, -0.25) is 0 Å². The summed E-state index contributed by atoms with van der Waals surface area (Å²) in [4.78, 5) is 0. The van der Waals surface area contributed by atoms with E-state index in [4.69, 9.17) is 18.9 Å². The van der Waals surface area contributed by atoms with Crippen molar-refractivity contribution in [3.05, 3.63) is 11.6 Å². The molecule has 0 radical (unpaired) electrons. The molecule has 0 bridgehead atoms. The van der Waals surface area contributed by atoms with E-state index in [1.54, 1.807) is 0 Å². The van der Waals surface area contributed by atoms with Crippen LogP contribution in [0.4, 0.5) is 0 Å². The van der Waals surface area contributed by atoms with Crippen LogP contribution in [0.1, 0.15) is 52.4 Å². The molecule has 0 N–H and O–H groups in total. The fraction of sp³-hybridized carbons (Fsp3) is 0.909. The van der Waals surface area contributed by atoms with Gasteiger partial charge in [0.2, 0.25) is 0 Å². The van der Waals surface area contributed by atoms with Crippen molar-refractivity contribution in [2.75, 3.05) is 31.0 Å². The zero-order chi connectivity index (χ0) is 20.8. The fourth-order valence-corrected chi connectivity index (χ4v) is 4.45. The third-order valence-electron chi connectivity index (χ3n) is 4.96. The lowest BCUT2D eigenvalue weighted by atomic mass is 9.98. The number of halogens is 1. The van der Waals surface area contributed by atoms with Gasteiger partial charge in [0.25, 0.3) is 0 Å². The number of allylic oxidation sites excluding steroid dienone is 1. The third-order valence-corrected chi connectivity index (χ3v) is 7.65. The molecule has 0 aromatic carbocycles. The largest absolute Gasteiger partial charge is 0.356 e. The molecule has 0 aromatic rings. The Morgan fingerprint density at radius 1 is 1.25 bits per heavy atom. The van der Waals surface area contributed by atoms with Gasteiger partial charge in [0.1, 0.15) is 6.79 Å². The maximum absolute atomic E-state index is 6.17. The maximum atomic E-state index is 6.17. The summed E-state index contributed by atoms with van der Waals surface area (Å²) in [5.41, 5.74) is 1.29. The molecule has 6 heteroatoms. The first-order valence-electron chi connectivity index (χ1n) is 10.9. The lowest BCUT2D eigenvalue weighted by Crippen LogP contribution is -2.29. The van der Waals surface area contributed by atoms with Crippen LogP contribution in [0.3, 0.4) is 0 Å². The van der Waals surface area contributed by atoms with E-state index >= 15 is 0 Å². The summed E-state index contributed by atoms with van der Waals surface area (Å²) < 4.78 is 24.1. The molecule has 1 saturated heterocycles. The topological polar surface area (TPSA) is 36.9 Å². The second-order valence-corrected chi connectivity index (χ2v) is 15.9. The summed E-state index contributed by atoms with van der Waals surface area (Å²) in [5.74, 6) is 0.651. The minimum Gasteiger partial charge on any atom is -0.356 e. The first kappa shape index (κ1) is 26.6. The molecule has 0 aliphatic carbocycles. The Morgan fingerprint density at radius 3 is 2.68 bits per heavy atom. The van der Waals surface area contributed by atoms with Crippen LogP contribution in [-0.4, -0.2) is 51.5 Å². The minimum absolute atomic E-state index is 0.0213. The van der Waals surface area contributed by atoms with Gasteiger partial charge in [-0.2, -0.15) is 0 Å². The Kier molecular flexibility index (Phi) is 14.6. The molecule has 3 atom stereocenters. The van der Waals surface area contributed by atoms with Gasteiger partial charge >= 0.3 is 0 Å². The molecule has 1 aliphatic heterocycles. The molecule has 0 saturated carbocycles. The fourth-order valence-electron chi connectivity index (χ4n) is 3.13. The molecule has 1 rings (SSSR count). The molecule has 1 fully saturated rings. The van der Waals surface area contributed by atoms with Crippen LogP contribution in [0.25, 0.3) is 0 Å². The molecule has 0 spiro atoms. The molecule has 28 heavy (non-hydrogen) atoms. The standard InChI is InChI=1S/C22H43IO4Si/c1-19(15-21(16-23)27-22-11-6-7-12-26-22)9-8-10-20(2)17-25-18-24-13-14-28(3,4)5/h10,19,21-22H,6-9,11-18H2,1-5H3/b20-10+/t19-,21+,22+/m0/s1. The van der Waals surface area contributed by atoms with Gasteiger partial charge in [0.15, 0.2) is 6.29 Å². The third kappa shape index (κ3) is 14.5. The average Bonchev–Trinajstić information content (AvgIpc) is 2.64. The first-order chi connectivity index (χ1) is 13.3. The van der Waals surface area contributed by atoms with E-state index in [0.717, 1.165) is 36.9 Å². The van der Waals surface area contributed by atoms with E-state index in [2.05, 4.69) is 62.2 Å². The predicted molar refractivity (Wildman–Crippen MR) is 129 cm³/mol. The number of alkyl halides is 1. The molecule has 0 unspecified atom stereocenters. The number of rotatable bonds is 15. The van der Waals surface area contributed by atoms with Crippen molar-refractivity contribution >= 4 is 30.7 Å². The zero-order valence-corrected chi connectivity index (χ0v) is 22.0. The van der Waals surface area contributed by atoms with Crippen LogP contribution < -0.4 is 0 Å². The van der Waals surface area contributed by atoms with Crippen molar-refractivity contribution in [1.82, 2.24) is 0 Å². The smallest absolute Gasteiger partial charge is 0.157 e. The summed E-state index contributed by atoms with van der Waals surface area (Å²) in [5, 5.41) is 0. The molecular formula is C22H43IO4Si. The first-order valence-corrected chi connectivity index (χ1v) is 16.2. The van der Waals surface area contributed by atoms with Crippen LogP contribution in [0.15, 0.2) is 11.6 Å². The van der Waals surface area contributed by atoms with E-state index in [0.29, 0.717) is 25.4 Å². The van der Waals surface area contributed by atoms with Gasteiger partial charge in [-0.05, 0) is 57.4 Å². The van der Waals surface area contributed by atoms with E-state index in [1.165, 1.54) is 30.9 Å². The highest BCUT2D eigenvalue weighted by Crippen LogP contribution is 2.22. The number of ether oxygens (including phenoxy) is 4. The van der Waals surface area contributed by atoms with Crippen molar-refractivity contribution in [3.8, 4) is 0 Å². The van der Waals surface area contributed by atoms with Crippen LogP contribution in [0.5, 0.6) is 0 Å². The van der Waals surface area contributed by atoms with E-state index in [1.807, 2.05) is 0 Å². The van der Waals surface area contributed by atoms with Gasteiger partial charge in [-0.1, -0.05) is 60.8 Å². The SMILES string of the molecule is C/C(=C\CC[C@H](C)C[C@H](CI)O[C@@H]1CCCCO1)COCOCC[Si](C)(C)C. The van der Waals surface area contributed by atoms with E-state index in [9.17, 15) is 0 Å². The van der Waals surface area contributed by atoms with Crippen molar-refractivity contribution in [3.63, 3.8) is 0 Å². The molecular weight excluding hydrogens is 483 g/mol. The van der Waals surface area contributed by atoms with Crippen molar-refractivity contribution in [2.24, 2.45) is 5.92 Å². The van der Waals surface area contributed by atoms with Crippen LogP contribution in [0.2, 0.25) is 25.7 Å². The quantitative estimate of drug-likeness (QED) is 0.0617. The van der Waals surface area contributed by atoms with Crippen LogP contribution in [0, 0.1) is 5.92 Å². The molecule has 1 aliphatic rings. The summed E-state index contributed by atoms with van der Waals surface area (Å²) in [6.07, 6.45) is 9.47. The summed E-state index contributed by atoms with van der Waals surface area (Å²) in [6.45, 7) is 14.3. The Balaban J connectivity index is 2.11. The monoisotopic (exact) mass is 526 g/mol. The summed E-state index contributed by atoms with van der Waals surface area (Å²) >= 11 is 2.44. The van der Waals surface area contributed by atoms with Gasteiger partial charge in [0, 0.05) is 25.7 Å². The summed E-state index contributed by atoms with van der Waals surface area (Å²) in [7, 11) is -1.00. The predicted octanol–water partition coefficient (Wildman–Crippen LogP) is 6.41. The molecule has 0 amide bonds. The maximum Gasteiger partial charge on any atom is 0.157 e. The van der Waals surface area contributed by atoms with Crippen molar-refractivity contribution in [2.45, 2.75) is 90.5 Å². The minimum atomic E-state index is -1.00. The molecule has 0 aromatic heterocycles. The Hall–Kier alpha value is 0.527. The lowest BCUT2D eigenvalue weighted by molar-refractivity contribution is -0.185. The Morgan fingerprint density at radius 2 is 2.04 bits per heavy atom. The van der Waals surface area contributed by atoms with Gasteiger partial charge in [-0.15, -0.1) is 0 Å². The normalized spacial score (nSPS) is 20.9. The highest BCUT2D eigenvalue weighted by molar-refractivity contribution is 14.1. The Bertz CT molecular complexity index is 419. The van der Waals surface area contributed by atoms with Gasteiger partial charge in [0.05, 0.1) is 12.7 Å². The number of hydrogen-bond acceptors (Lipinski definition) is 4. The molecule has 4 nitrogen and oxygen atoms in total. The second-order valence-electron chi connectivity index (χ2n) is 9.36. The second kappa shape index (κ2) is 15.3. The van der Waals surface area contributed by atoms with Crippen LogP contribution >= 0.6 is 22.6 Å². The Labute approximate surface area is 188 Å². The van der Waals surface area contributed by atoms with Crippen LogP contribution in [-0.2, 0) is 18.9 Å². The highest BCUT2D eigenvalue weighted by atomic mass is 127. The average molecular weight is 527 g/mol. The van der Waals surface area contributed by atoms with E-state index < -0.39 is 8.07 Å². The highest BCUT2D eigenvalue weighted by Gasteiger charge is 2.20. The van der Waals surface area contributed by atoms with Gasteiger partial charge < -0.3 is 18.9 Å².